The molecule has 0 aliphatic carbocycles. The molecule has 0 aromatic carbocycles. The highest BCUT2D eigenvalue weighted by atomic mass is 16.7. The largest absolute Gasteiger partial charge is 0.508 e. The summed E-state index contributed by atoms with van der Waals surface area (Å²) in [5.74, 6) is 0.977. The highest BCUT2D eigenvalue weighted by Crippen LogP contribution is 2.20. The van der Waals surface area contributed by atoms with Crippen LogP contribution in [0.4, 0.5) is 4.79 Å². The second-order valence-electron chi connectivity index (χ2n) is 10.0. The van der Waals surface area contributed by atoms with Crippen molar-refractivity contribution >= 4 is 6.16 Å². The van der Waals surface area contributed by atoms with Gasteiger partial charge in [-0.15, -0.1) is 0 Å². The minimum atomic E-state index is -0.452. The molecule has 0 rings (SSSR count). The summed E-state index contributed by atoms with van der Waals surface area (Å²) in [5, 5.41) is 0. The molecule has 3 nitrogen and oxygen atoms in total. The van der Waals surface area contributed by atoms with Crippen LogP contribution >= 0.6 is 0 Å². The summed E-state index contributed by atoms with van der Waals surface area (Å²) >= 11 is 0. The maximum Gasteiger partial charge on any atom is 0.508 e. The lowest BCUT2D eigenvalue weighted by atomic mass is 9.96. The third-order valence-corrected chi connectivity index (χ3v) is 6.70. The summed E-state index contributed by atoms with van der Waals surface area (Å²) in [7, 11) is 0. The maximum absolute atomic E-state index is 12.2. The molecule has 0 aromatic rings. The van der Waals surface area contributed by atoms with E-state index >= 15 is 0 Å². The fraction of sp³-hybridized carbons (Fsp3) is 0.966. The van der Waals surface area contributed by atoms with E-state index in [9.17, 15) is 4.79 Å². The molecule has 192 valence electrons. The first-order chi connectivity index (χ1) is 15.7. The molecule has 0 aliphatic rings. The molecule has 32 heavy (non-hydrogen) atoms. The first-order valence-corrected chi connectivity index (χ1v) is 14.5. The lowest BCUT2D eigenvalue weighted by Gasteiger charge is -2.18. The van der Waals surface area contributed by atoms with E-state index < -0.39 is 6.16 Å². The van der Waals surface area contributed by atoms with Crippen molar-refractivity contribution in [2.45, 2.75) is 156 Å². The van der Waals surface area contributed by atoms with Crippen molar-refractivity contribution in [1.29, 1.82) is 0 Å². The summed E-state index contributed by atoms with van der Waals surface area (Å²) in [6.45, 7) is 10.0. The van der Waals surface area contributed by atoms with Gasteiger partial charge < -0.3 is 9.47 Å². The van der Waals surface area contributed by atoms with Crippen LogP contribution in [-0.2, 0) is 9.47 Å². The van der Waals surface area contributed by atoms with Crippen LogP contribution < -0.4 is 0 Å². The molecular formula is C29H58O3. The van der Waals surface area contributed by atoms with Crippen molar-refractivity contribution in [1.82, 2.24) is 0 Å². The summed E-state index contributed by atoms with van der Waals surface area (Å²) in [6.07, 6.45) is 25.1. The molecule has 0 spiro atoms. The maximum atomic E-state index is 12.2. The third kappa shape index (κ3) is 21.1. The van der Waals surface area contributed by atoms with Crippen molar-refractivity contribution < 1.29 is 14.3 Å². The Bertz CT molecular complexity index is 349. The van der Waals surface area contributed by atoms with Crippen LogP contribution in [0.3, 0.4) is 0 Å². The van der Waals surface area contributed by atoms with Gasteiger partial charge in [-0.2, -0.15) is 0 Å². The minimum absolute atomic E-state index is 0.452. The Morgan fingerprint density at radius 3 is 1.16 bits per heavy atom. The predicted molar refractivity (Wildman–Crippen MR) is 139 cm³/mol. The summed E-state index contributed by atoms with van der Waals surface area (Å²) < 4.78 is 11.0. The fourth-order valence-corrected chi connectivity index (χ4v) is 4.63. The zero-order chi connectivity index (χ0) is 23.7. The van der Waals surface area contributed by atoms with Crippen molar-refractivity contribution in [3.8, 4) is 0 Å². The van der Waals surface area contributed by atoms with E-state index in [0.717, 1.165) is 25.7 Å². The molecule has 0 radical (unpaired) electrons. The molecule has 2 unspecified atom stereocenters. The smallest absolute Gasteiger partial charge is 0.434 e. The molecule has 0 saturated carbocycles. The van der Waals surface area contributed by atoms with Gasteiger partial charge in [-0.05, 0) is 37.5 Å². The van der Waals surface area contributed by atoms with Gasteiger partial charge in [-0.1, -0.05) is 130 Å². The zero-order valence-electron chi connectivity index (χ0n) is 22.4. The molecule has 0 fully saturated rings. The van der Waals surface area contributed by atoms with Crippen LogP contribution in [0, 0.1) is 11.8 Å². The van der Waals surface area contributed by atoms with Crippen LogP contribution in [-0.4, -0.2) is 19.4 Å². The van der Waals surface area contributed by atoms with Gasteiger partial charge in [0.15, 0.2) is 0 Å². The highest BCUT2D eigenvalue weighted by Gasteiger charge is 2.15. The Balaban J connectivity index is 3.97. The summed E-state index contributed by atoms with van der Waals surface area (Å²) in [5.41, 5.74) is 0. The van der Waals surface area contributed by atoms with Crippen LogP contribution in [0.1, 0.15) is 156 Å². The van der Waals surface area contributed by atoms with Gasteiger partial charge in [0.05, 0.1) is 13.2 Å². The van der Waals surface area contributed by atoms with E-state index in [1.807, 2.05) is 0 Å². The number of hydrogen-bond acceptors (Lipinski definition) is 3. The second kappa shape index (κ2) is 24.9. The molecule has 0 aliphatic heterocycles. The molecule has 0 bridgehead atoms. The van der Waals surface area contributed by atoms with Gasteiger partial charge in [0.2, 0.25) is 0 Å². The SMILES string of the molecule is CCCCCCCCCC(CCC)COC(=O)OCC(CCC)CCCCCCCCC. The van der Waals surface area contributed by atoms with Crippen LogP contribution in [0.25, 0.3) is 0 Å². The van der Waals surface area contributed by atoms with Crippen molar-refractivity contribution in [3.05, 3.63) is 0 Å². The van der Waals surface area contributed by atoms with Gasteiger partial charge in [0.25, 0.3) is 0 Å². The first-order valence-electron chi connectivity index (χ1n) is 14.5. The lowest BCUT2D eigenvalue weighted by Crippen LogP contribution is -2.19. The first kappa shape index (κ1) is 31.3. The number of unbranched alkanes of at least 4 members (excludes halogenated alkanes) is 12. The van der Waals surface area contributed by atoms with E-state index in [1.54, 1.807) is 0 Å². The number of carbonyl (C=O) groups excluding carboxylic acids is 1. The summed E-state index contributed by atoms with van der Waals surface area (Å²) in [4.78, 5) is 12.2. The summed E-state index contributed by atoms with van der Waals surface area (Å²) in [6, 6.07) is 0. The average molecular weight is 455 g/mol. The Morgan fingerprint density at radius 1 is 0.469 bits per heavy atom. The van der Waals surface area contributed by atoms with Gasteiger partial charge in [-0.25, -0.2) is 4.79 Å². The Labute approximate surface area is 201 Å². The van der Waals surface area contributed by atoms with Gasteiger partial charge >= 0.3 is 6.16 Å². The number of ether oxygens (including phenoxy) is 2. The van der Waals surface area contributed by atoms with Crippen LogP contribution in [0.2, 0.25) is 0 Å². The average Bonchev–Trinajstić information content (AvgIpc) is 2.79. The highest BCUT2D eigenvalue weighted by molar-refractivity contribution is 5.59. The number of carbonyl (C=O) groups is 1. The fourth-order valence-electron chi connectivity index (χ4n) is 4.63. The molecule has 0 N–H and O–H groups in total. The van der Waals surface area contributed by atoms with E-state index in [1.165, 1.54) is 103 Å². The minimum Gasteiger partial charge on any atom is -0.434 e. The second-order valence-corrected chi connectivity index (χ2v) is 10.0. The monoisotopic (exact) mass is 454 g/mol. The van der Waals surface area contributed by atoms with E-state index in [2.05, 4.69) is 27.7 Å². The topological polar surface area (TPSA) is 35.5 Å². The molecule has 0 amide bonds. The van der Waals surface area contributed by atoms with E-state index in [0.29, 0.717) is 25.0 Å². The lowest BCUT2D eigenvalue weighted by molar-refractivity contribution is 0.0304. The molecule has 2 atom stereocenters. The van der Waals surface area contributed by atoms with Crippen molar-refractivity contribution in [3.63, 3.8) is 0 Å². The quantitative estimate of drug-likeness (QED) is 0.107. The van der Waals surface area contributed by atoms with Crippen LogP contribution in [0.15, 0.2) is 0 Å². The van der Waals surface area contributed by atoms with Gasteiger partial charge in [0.1, 0.15) is 0 Å². The zero-order valence-corrected chi connectivity index (χ0v) is 22.4. The normalized spacial score (nSPS) is 13.1. The molecule has 0 heterocycles. The van der Waals surface area contributed by atoms with Crippen molar-refractivity contribution in [2.24, 2.45) is 11.8 Å². The van der Waals surface area contributed by atoms with Crippen molar-refractivity contribution in [2.75, 3.05) is 13.2 Å². The molecule has 0 aromatic heterocycles. The third-order valence-electron chi connectivity index (χ3n) is 6.70. The standard InChI is InChI=1S/C29H58O3/c1-5-9-11-13-15-17-19-23-27(21-7-3)25-31-29(30)32-26-28(22-8-4)24-20-18-16-14-12-10-6-2/h27-28H,5-26H2,1-4H3. The van der Waals surface area contributed by atoms with Gasteiger partial charge in [0, 0.05) is 0 Å². The molecule has 3 heteroatoms. The predicted octanol–water partition coefficient (Wildman–Crippen LogP) is 10.3. The Morgan fingerprint density at radius 2 is 0.812 bits per heavy atom. The molecule has 0 saturated heterocycles. The van der Waals surface area contributed by atoms with E-state index in [4.69, 9.17) is 9.47 Å². The van der Waals surface area contributed by atoms with Crippen LogP contribution in [0.5, 0.6) is 0 Å². The van der Waals surface area contributed by atoms with E-state index in [-0.39, 0.29) is 0 Å². The number of rotatable bonds is 24. The Kier molecular flexibility index (Phi) is 24.3. The number of hydrogen-bond donors (Lipinski definition) is 0. The Hall–Kier alpha value is -0.730. The molecular weight excluding hydrogens is 396 g/mol. The van der Waals surface area contributed by atoms with Gasteiger partial charge in [-0.3, -0.25) is 0 Å².